The minimum Gasteiger partial charge on any atom is -0.495 e. The third-order valence-electron chi connectivity index (χ3n) is 3.98. The molecule has 0 fully saturated rings. The minimum atomic E-state index is -0.0260. The third kappa shape index (κ3) is 2.75. The van der Waals surface area contributed by atoms with E-state index in [0.717, 1.165) is 23.4 Å². The van der Waals surface area contributed by atoms with Gasteiger partial charge in [-0.3, -0.25) is 4.79 Å². The van der Waals surface area contributed by atoms with E-state index in [9.17, 15) is 4.79 Å². The van der Waals surface area contributed by atoms with Gasteiger partial charge in [0.15, 0.2) is 0 Å². The molecular weight excluding hydrogens is 238 g/mol. The first-order valence-electron chi connectivity index (χ1n) is 7.16. The molecule has 1 amide bonds. The minimum absolute atomic E-state index is 0.0260. The van der Waals surface area contributed by atoms with Crippen LogP contribution < -0.4 is 10.1 Å². The number of amides is 1. The lowest BCUT2D eigenvalue weighted by Gasteiger charge is -2.17. The standard InChI is InChI=1S/C16H23NO2/c1-4-5-6-8-11(2)14-12-9-7-10-13(19-3)15(12)17-16(14)18/h7,9-11,14H,4-6,8H2,1-3H3,(H,17,18). The van der Waals surface area contributed by atoms with E-state index in [2.05, 4.69) is 19.2 Å². The second-order valence-electron chi connectivity index (χ2n) is 5.36. The van der Waals surface area contributed by atoms with Crippen LogP contribution in [0.2, 0.25) is 0 Å². The van der Waals surface area contributed by atoms with E-state index < -0.39 is 0 Å². The summed E-state index contributed by atoms with van der Waals surface area (Å²) in [5, 5.41) is 2.97. The summed E-state index contributed by atoms with van der Waals surface area (Å²) in [7, 11) is 1.64. The number of hydrogen-bond donors (Lipinski definition) is 1. The number of methoxy groups -OCH3 is 1. The fourth-order valence-electron chi connectivity index (χ4n) is 2.90. The maximum absolute atomic E-state index is 12.2. The number of fused-ring (bicyclic) bond motifs is 1. The molecule has 1 aliphatic rings. The number of benzene rings is 1. The SMILES string of the molecule is CCCCCC(C)C1C(=O)Nc2c(OC)cccc21. The van der Waals surface area contributed by atoms with Crippen LogP contribution >= 0.6 is 0 Å². The van der Waals surface area contributed by atoms with Crippen LogP contribution in [0.25, 0.3) is 0 Å². The molecular formula is C16H23NO2. The van der Waals surface area contributed by atoms with Crippen molar-refractivity contribution in [2.45, 2.75) is 45.4 Å². The highest BCUT2D eigenvalue weighted by Crippen LogP contribution is 2.43. The highest BCUT2D eigenvalue weighted by molar-refractivity contribution is 6.04. The van der Waals surface area contributed by atoms with E-state index in [4.69, 9.17) is 4.74 Å². The smallest absolute Gasteiger partial charge is 0.232 e. The molecule has 19 heavy (non-hydrogen) atoms. The van der Waals surface area contributed by atoms with Gasteiger partial charge in [-0.05, 0) is 24.0 Å². The summed E-state index contributed by atoms with van der Waals surface area (Å²) in [5.74, 6) is 1.22. The third-order valence-corrected chi connectivity index (χ3v) is 3.98. The predicted molar refractivity (Wildman–Crippen MR) is 77.7 cm³/mol. The lowest BCUT2D eigenvalue weighted by atomic mass is 9.85. The molecule has 0 aromatic heterocycles. The van der Waals surface area contributed by atoms with Crippen LogP contribution in [0, 0.1) is 5.92 Å². The van der Waals surface area contributed by atoms with Crippen LogP contribution in [0.3, 0.4) is 0 Å². The van der Waals surface area contributed by atoms with Gasteiger partial charge in [0.05, 0.1) is 18.7 Å². The molecule has 0 saturated carbocycles. The molecule has 0 aliphatic carbocycles. The zero-order valence-electron chi connectivity index (χ0n) is 12.0. The molecule has 0 saturated heterocycles. The van der Waals surface area contributed by atoms with Crippen LogP contribution in [-0.4, -0.2) is 13.0 Å². The number of ether oxygens (including phenoxy) is 1. The number of unbranched alkanes of at least 4 members (excludes halogenated alkanes) is 2. The fraction of sp³-hybridized carbons (Fsp3) is 0.562. The first-order chi connectivity index (χ1) is 9.19. The Morgan fingerprint density at radius 1 is 1.37 bits per heavy atom. The predicted octanol–water partition coefficient (Wildman–Crippen LogP) is 3.95. The molecule has 1 aromatic carbocycles. The molecule has 1 aliphatic heterocycles. The van der Waals surface area contributed by atoms with E-state index in [1.807, 2.05) is 18.2 Å². The zero-order chi connectivity index (χ0) is 13.8. The van der Waals surface area contributed by atoms with Crippen molar-refractivity contribution in [3.05, 3.63) is 23.8 Å². The van der Waals surface area contributed by atoms with Crippen LogP contribution in [0.5, 0.6) is 5.75 Å². The Morgan fingerprint density at radius 2 is 2.16 bits per heavy atom. The first-order valence-corrected chi connectivity index (χ1v) is 7.16. The number of rotatable bonds is 6. The van der Waals surface area contributed by atoms with Crippen LogP contribution in [0.15, 0.2) is 18.2 Å². The number of hydrogen-bond acceptors (Lipinski definition) is 2. The van der Waals surface area contributed by atoms with Crippen LogP contribution in [0.4, 0.5) is 5.69 Å². The molecule has 1 aromatic rings. The quantitative estimate of drug-likeness (QED) is 0.787. The van der Waals surface area contributed by atoms with Crippen molar-refractivity contribution in [1.82, 2.24) is 0 Å². The van der Waals surface area contributed by atoms with Gasteiger partial charge < -0.3 is 10.1 Å². The number of para-hydroxylation sites is 1. The monoisotopic (exact) mass is 261 g/mol. The lowest BCUT2D eigenvalue weighted by molar-refractivity contribution is -0.118. The molecule has 2 unspecified atom stereocenters. The van der Waals surface area contributed by atoms with E-state index >= 15 is 0 Å². The Bertz CT molecular complexity index is 456. The van der Waals surface area contributed by atoms with Gasteiger partial charge in [0, 0.05) is 0 Å². The highest BCUT2D eigenvalue weighted by atomic mass is 16.5. The topological polar surface area (TPSA) is 38.3 Å². The molecule has 2 atom stereocenters. The van der Waals surface area contributed by atoms with Crippen molar-refractivity contribution in [2.24, 2.45) is 5.92 Å². The Morgan fingerprint density at radius 3 is 2.84 bits per heavy atom. The van der Waals surface area contributed by atoms with Gasteiger partial charge in [-0.1, -0.05) is 45.2 Å². The van der Waals surface area contributed by atoms with Gasteiger partial charge in [0.25, 0.3) is 0 Å². The summed E-state index contributed by atoms with van der Waals surface area (Å²) < 4.78 is 5.32. The Hall–Kier alpha value is -1.51. The summed E-state index contributed by atoms with van der Waals surface area (Å²) in [4.78, 5) is 12.2. The van der Waals surface area contributed by atoms with Gasteiger partial charge in [-0.15, -0.1) is 0 Å². The van der Waals surface area contributed by atoms with Crippen molar-refractivity contribution in [2.75, 3.05) is 12.4 Å². The average molecular weight is 261 g/mol. The number of nitrogens with one attached hydrogen (secondary N) is 1. The molecule has 1 N–H and O–H groups in total. The van der Waals surface area contributed by atoms with Crippen molar-refractivity contribution in [3.63, 3.8) is 0 Å². The second-order valence-corrected chi connectivity index (χ2v) is 5.36. The molecule has 1 heterocycles. The Balaban J connectivity index is 2.18. The Labute approximate surface area is 115 Å². The van der Waals surface area contributed by atoms with Crippen molar-refractivity contribution < 1.29 is 9.53 Å². The van der Waals surface area contributed by atoms with E-state index in [0.29, 0.717) is 5.92 Å². The van der Waals surface area contributed by atoms with E-state index in [1.54, 1.807) is 7.11 Å². The van der Waals surface area contributed by atoms with Gasteiger partial charge in [0.2, 0.25) is 5.91 Å². The van der Waals surface area contributed by atoms with Gasteiger partial charge in [-0.25, -0.2) is 0 Å². The van der Waals surface area contributed by atoms with Gasteiger partial charge in [0.1, 0.15) is 5.75 Å². The summed E-state index contributed by atoms with van der Waals surface area (Å²) in [6.07, 6.45) is 4.75. The molecule has 104 valence electrons. The van der Waals surface area contributed by atoms with Gasteiger partial charge in [-0.2, -0.15) is 0 Å². The normalized spacial score (nSPS) is 18.9. The zero-order valence-corrected chi connectivity index (χ0v) is 12.0. The van der Waals surface area contributed by atoms with Crippen molar-refractivity contribution >= 4 is 11.6 Å². The second kappa shape index (κ2) is 6.09. The summed E-state index contributed by atoms with van der Waals surface area (Å²) in [5.41, 5.74) is 1.95. The largest absolute Gasteiger partial charge is 0.495 e. The lowest BCUT2D eigenvalue weighted by Crippen LogP contribution is -2.18. The van der Waals surface area contributed by atoms with Crippen LogP contribution in [-0.2, 0) is 4.79 Å². The molecule has 3 nitrogen and oxygen atoms in total. The molecule has 0 radical (unpaired) electrons. The molecule has 0 bridgehead atoms. The number of carbonyl (C=O) groups is 1. The first kappa shape index (κ1) is 13.9. The van der Waals surface area contributed by atoms with Gasteiger partial charge >= 0.3 is 0 Å². The average Bonchev–Trinajstić information content (AvgIpc) is 2.74. The van der Waals surface area contributed by atoms with E-state index in [1.165, 1.54) is 19.3 Å². The van der Waals surface area contributed by atoms with Crippen molar-refractivity contribution in [3.8, 4) is 5.75 Å². The maximum atomic E-state index is 12.2. The van der Waals surface area contributed by atoms with E-state index in [-0.39, 0.29) is 11.8 Å². The molecule has 2 rings (SSSR count). The summed E-state index contributed by atoms with van der Waals surface area (Å²) >= 11 is 0. The molecule has 3 heteroatoms. The number of carbonyl (C=O) groups excluding carboxylic acids is 1. The van der Waals surface area contributed by atoms with Crippen molar-refractivity contribution in [1.29, 1.82) is 0 Å². The van der Waals surface area contributed by atoms with Crippen LogP contribution in [0.1, 0.15) is 51.0 Å². The fourth-order valence-corrected chi connectivity index (χ4v) is 2.90. The highest BCUT2D eigenvalue weighted by Gasteiger charge is 2.35. The summed E-state index contributed by atoms with van der Waals surface area (Å²) in [6.45, 7) is 4.38. The number of anilines is 1. The summed E-state index contributed by atoms with van der Waals surface area (Å²) in [6, 6.07) is 5.89. The Kier molecular flexibility index (Phi) is 4.46. The maximum Gasteiger partial charge on any atom is 0.232 e. The molecule has 0 spiro atoms.